The highest BCUT2D eigenvalue weighted by Crippen LogP contribution is 2.27. The zero-order chi connectivity index (χ0) is 29.4. The van der Waals surface area contributed by atoms with Crippen LogP contribution in [0.15, 0.2) is 97.2 Å². The molecule has 210 valence electrons. The third-order valence-electron chi connectivity index (χ3n) is 6.06. The molecule has 8 nitrogen and oxygen atoms in total. The van der Waals surface area contributed by atoms with Gasteiger partial charge < -0.3 is 15.4 Å². The molecule has 41 heavy (non-hydrogen) atoms. The molecular weight excluding hydrogens is 516 g/mol. The van der Waals surface area contributed by atoms with E-state index >= 15 is 0 Å². The number of carbonyl (C=O) groups excluding carboxylic acids is 3. The highest BCUT2D eigenvalue weighted by atomic mass is 16.6. The Hall–Kier alpha value is -4.98. The minimum atomic E-state index is -0.647. The summed E-state index contributed by atoms with van der Waals surface area (Å²) in [4.78, 5) is 43.6. The monoisotopic (exact) mass is 550 g/mol. The first-order valence-electron chi connectivity index (χ1n) is 13.4. The first-order valence-corrected chi connectivity index (χ1v) is 13.4. The maximum atomic E-state index is 13.3. The summed E-state index contributed by atoms with van der Waals surface area (Å²) in [5.74, 6) is -0.413. The van der Waals surface area contributed by atoms with Gasteiger partial charge in [-0.3, -0.25) is 19.5 Å². The Bertz CT molecular complexity index is 1500. The van der Waals surface area contributed by atoms with Crippen molar-refractivity contribution < 1.29 is 19.1 Å². The number of ether oxygens (including phenoxy) is 1. The molecule has 4 aromatic rings. The maximum absolute atomic E-state index is 13.3. The van der Waals surface area contributed by atoms with Crippen molar-refractivity contribution in [3.05, 3.63) is 108 Å². The zero-order valence-electron chi connectivity index (χ0n) is 23.7. The van der Waals surface area contributed by atoms with Crippen LogP contribution in [0.2, 0.25) is 0 Å². The van der Waals surface area contributed by atoms with Gasteiger partial charge in [0.1, 0.15) is 5.60 Å². The number of nitrogens with one attached hydrogen (secondary N) is 2. The van der Waals surface area contributed by atoms with Crippen molar-refractivity contribution in [3.8, 4) is 11.1 Å². The number of hydrogen-bond donors (Lipinski definition) is 2. The molecule has 4 rings (SSSR count). The smallest absolute Gasteiger partial charge is 0.414 e. The molecule has 8 heteroatoms. The van der Waals surface area contributed by atoms with Crippen LogP contribution in [0.1, 0.15) is 43.7 Å². The molecule has 0 spiro atoms. The van der Waals surface area contributed by atoms with Crippen LogP contribution < -0.4 is 15.5 Å². The van der Waals surface area contributed by atoms with E-state index in [0.29, 0.717) is 35.6 Å². The van der Waals surface area contributed by atoms with Crippen LogP contribution in [0, 0.1) is 0 Å². The minimum Gasteiger partial charge on any atom is -0.443 e. The van der Waals surface area contributed by atoms with Gasteiger partial charge in [0.15, 0.2) is 0 Å². The minimum absolute atomic E-state index is 0.147. The van der Waals surface area contributed by atoms with Crippen molar-refractivity contribution in [2.24, 2.45) is 0 Å². The van der Waals surface area contributed by atoms with Gasteiger partial charge in [-0.25, -0.2) is 4.79 Å². The van der Waals surface area contributed by atoms with E-state index in [0.717, 1.165) is 16.8 Å². The van der Waals surface area contributed by atoms with Gasteiger partial charge in [0, 0.05) is 54.4 Å². The average molecular weight is 551 g/mol. The number of anilines is 3. The van der Waals surface area contributed by atoms with Crippen molar-refractivity contribution in [1.29, 1.82) is 0 Å². The lowest BCUT2D eigenvalue weighted by Gasteiger charge is -2.27. The van der Waals surface area contributed by atoms with Gasteiger partial charge in [-0.05, 0) is 86.5 Å². The van der Waals surface area contributed by atoms with Gasteiger partial charge in [0.2, 0.25) is 5.91 Å². The van der Waals surface area contributed by atoms with Crippen molar-refractivity contribution in [2.45, 2.75) is 39.7 Å². The molecule has 0 radical (unpaired) electrons. The Kier molecular flexibility index (Phi) is 9.14. The molecule has 0 saturated heterocycles. The first-order chi connectivity index (χ1) is 19.6. The van der Waals surface area contributed by atoms with Gasteiger partial charge >= 0.3 is 6.09 Å². The van der Waals surface area contributed by atoms with Crippen LogP contribution in [-0.4, -0.2) is 35.0 Å². The summed E-state index contributed by atoms with van der Waals surface area (Å²) in [6, 6.07) is 27.4. The molecule has 0 atom stereocenters. The lowest BCUT2D eigenvalue weighted by atomic mass is 9.99. The number of rotatable bonds is 8. The summed E-state index contributed by atoms with van der Waals surface area (Å²) in [5, 5.41) is 5.70. The van der Waals surface area contributed by atoms with E-state index in [1.54, 1.807) is 53.6 Å². The second-order valence-corrected chi connectivity index (χ2v) is 10.5. The Morgan fingerprint density at radius 2 is 1.44 bits per heavy atom. The fourth-order valence-electron chi connectivity index (χ4n) is 4.21. The molecular formula is C33H34N4O4. The third kappa shape index (κ3) is 8.25. The van der Waals surface area contributed by atoms with E-state index in [1.807, 2.05) is 69.3 Å². The van der Waals surface area contributed by atoms with E-state index in [2.05, 4.69) is 15.6 Å². The Balaban J connectivity index is 1.50. The zero-order valence-corrected chi connectivity index (χ0v) is 23.7. The van der Waals surface area contributed by atoms with Gasteiger partial charge in [-0.1, -0.05) is 36.4 Å². The molecule has 0 saturated carbocycles. The van der Waals surface area contributed by atoms with Crippen molar-refractivity contribution in [2.75, 3.05) is 22.1 Å². The summed E-state index contributed by atoms with van der Waals surface area (Å²) < 4.78 is 5.65. The normalized spacial score (nSPS) is 10.9. The maximum Gasteiger partial charge on any atom is 0.414 e. The van der Waals surface area contributed by atoms with E-state index in [4.69, 9.17) is 4.74 Å². The van der Waals surface area contributed by atoms with Crippen molar-refractivity contribution in [1.82, 2.24) is 4.98 Å². The molecule has 1 aromatic heterocycles. The predicted octanol–water partition coefficient (Wildman–Crippen LogP) is 6.94. The number of pyridine rings is 1. The molecule has 0 aliphatic carbocycles. The number of carbonyl (C=O) groups is 3. The fraction of sp³-hybridized carbons (Fsp3) is 0.212. The van der Waals surface area contributed by atoms with Crippen LogP contribution in [0.5, 0.6) is 0 Å². The Morgan fingerprint density at radius 1 is 0.805 bits per heavy atom. The van der Waals surface area contributed by atoms with Gasteiger partial charge in [0.05, 0.1) is 0 Å². The van der Waals surface area contributed by atoms with Crippen LogP contribution in [0.3, 0.4) is 0 Å². The summed E-state index contributed by atoms with van der Waals surface area (Å²) in [5.41, 5.74) is 4.26. The SMILES string of the molecule is CC(=O)Nc1ccc(-c2ccccc2C(=O)Nc2ccc(N(CCc3ccccn3)C(=O)OC(C)(C)C)cc2)cc1. The summed E-state index contributed by atoms with van der Waals surface area (Å²) >= 11 is 0. The number of hydrogen-bond acceptors (Lipinski definition) is 5. The number of benzene rings is 3. The van der Waals surface area contributed by atoms with Gasteiger partial charge in [0.25, 0.3) is 5.91 Å². The molecule has 0 unspecified atom stereocenters. The van der Waals surface area contributed by atoms with E-state index in [-0.39, 0.29) is 11.8 Å². The Morgan fingerprint density at radius 3 is 2.07 bits per heavy atom. The lowest BCUT2D eigenvalue weighted by molar-refractivity contribution is -0.114. The average Bonchev–Trinajstić information content (AvgIpc) is 2.94. The van der Waals surface area contributed by atoms with E-state index < -0.39 is 11.7 Å². The number of aromatic nitrogens is 1. The second-order valence-electron chi connectivity index (χ2n) is 10.5. The summed E-state index contributed by atoms with van der Waals surface area (Å²) in [7, 11) is 0. The van der Waals surface area contributed by atoms with Crippen LogP contribution in [0.25, 0.3) is 11.1 Å². The highest BCUT2D eigenvalue weighted by Gasteiger charge is 2.23. The molecule has 3 amide bonds. The van der Waals surface area contributed by atoms with E-state index in [1.165, 1.54) is 6.92 Å². The second kappa shape index (κ2) is 12.9. The molecule has 1 heterocycles. The molecule has 2 N–H and O–H groups in total. The number of amides is 3. The van der Waals surface area contributed by atoms with Crippen LogP contribution in [0.4, 0.5) is 21.9 Å². The molecule has 0 fully saturated rings. The standard InChI is InChI=1S/C33H34N4O4/c1-23(38)35-26-14-12-24(13-15-26)29-10-5-6-11-30(29)31(39)36-27-16-18-28(19-17-27)37(32(40)41-33(2,3)4)22-20-25-9-7-8-21-34-25/h5-19,21H,20,22H2,1-4H3,(H,35,38)(H,36,39). The largest absolute Gasteiger partial charge is 0.443 e. The number of nitrogens with zero attached hydrogens (tertiary/aromatic N) is 2. The lowest BCUT2D eigenvalue weighted by Crippen LogP contribution is -2.38. The predicted molar refractivity (Wildman–Crippen MR) is 162 cm³/mol. The highest BCUT2D eigenvalue weighted by molar-refractivity contribution is 6.09. The quantitative estimate of drug-likeness (QED) is 0.247. The van der Waals surface area contributed by atoms with Crippen molar-refractivity contribution >= 4 is 35.0 Å². The molecule has 0 bridgehead atoms. The molecule has 0 aliphatic rings. The van der Waals surface area contributed by atoms with Crippen LogP contribution in [-0.2, 0) is 16.0 Å². The fourth-order valence-corrected chi connectivity index (χ4v) is 4.21. The summed E-state index contributed by atoms with van der Waals surface area (Å²) in [6.07, 6.45) is 1.83. The summed E-state index contributed by atoms with van der Waals surface area (Å²) in [6.45, 7) is 7.32. The van der Waals surface area contributed by atoms with Crippen LogP contribution >= 0.6 is 0 Å². The van der Waals surface area contributed by atoms with Gasteiger partial charge in [-0.2, -0.15) is 0 Å². The van der Waals surface area contributed by atoms with Crippen molar-refractivity contribution in [3.63, 3.8) is 0 Å². The van der Waals surface area contributed by atoms with E-state index in [9.17, 15) is 14.4 Å². The Labute approximate surface area is 240 Å². The first kappa shape index (κ1) is 29.0. The molecule has 3 aromatic carbocycles. The topological polar surface area (TPSA) is 101 Å². The molecule has 0 aliphatic heterocycles. The third-order valence-corrected chi connectivity index (χ3v) is 6.06. The van der Waals surface area contributed by atoms with Gasteiger partial charge in [-0.15, -0.1) is 0 Å².